The maximum Gasteiger partial charge on any atom is 0.547 e. The third-order valence-corrected chi connectivity index (χ3v) is 6.23. The van der Waals surface area contributed by atoms with Crippen molar-refractivity contribution in [2.24, 2.45) is 0 Å². The quantitative estimate of drug-likeness (QED) is 0.430. The average molecular weight is 504 g/mol. The summed E-state index contributed by atoms with van der Waals surface area (Å²) in [6.07, 6.45) is 3.17. The SMILES string of the molecule is CNC(=O)c1ccc(Nc2ncnc3c2OCCN3C2CC[N+](=C(O)OC(C)(C)C)CC2)c(Cl)c1. The minimum Gasteiger partial charge on any atom is -0.485 e. The van der Waals surface area contributed by atoms with Crippen molar-refractivity contribution in [3.05, 3.63) is 35.1 Å². The monoisotopic (exact) mass is 503 g/mol. The minimum absolute atomic E-state index is 0.0218. The van der Waals surface area contributed by atoms with Crippen molar-refractivity contribution in [3.8, 4) is 5.75 Å². The van der Waals surface area contributed by atoms with E-state index < -0.39 is 5.60 Å². The lowest BCUT2D eigenvalue weighted by Crippen LogP contribution is -2.47. The molecule has 0 radical (unpaired) electrons. The molecular weight excluding hydrogens is 472 g/mol. The number of anilines is 3. The fourth-order valence-corrected chi connectivity index (χ4v) is 4.46. The zero-order valence-electron chi connectivity index (χ0n) is 20.5. The maximum atomic E-state index is 11.9. The molecule has 1 fully saturated rings. The number of nitrogens with zero attached hydrogens (tertiary/aromatic N) is 4. The van der Waals surface area contributed by atoms with E-state index in [2.05, 4.69) is 25.5 Å². The Morgan fingerprint density at radius 2 is 2.03 bits per heavy atom. The summed E-state index contributed by atoms with van der Waals surface area (Å²) in [4.78, 5) is 23.0. The molecule has 0 aliphatic carbocycles. The number of carbonyl (C=O) groups is 1. The number of carbonyl (C=O) groups excluding carboxylic acids is 1. The molecule has 2 aliphatic rings. The molecule has 1 aromatic carbocycles. The number of nitrogens with one attached hydrogen (secondary N) is 2. The number of benzene rings is 1. The summed E-state index contributed by atoms with van der Waals surface area (Å²) in [6.45, 7) is 8.32. The summed E-state index contributed by atoms with van der Waals surface area (Å²) in [5.74, 6) is 1.60. The molecule has 2 aromatic rings. The van der Waals surface area contributed by atoms with E-state index in [9.17, 15) is 9.90 Å². The summed E-state index contributed by atoms with van der Waals surface area (Å²) in [5.41, 5.74) is 0.632. The first-order valence-corrected chi connectivity index (χ1v) is 12.1. The number of amides is 1. The number of aromatic nitrogens is 2. The summed E-state index contributed by atoms with van der Waals surface area (Å²) < 4.78 is 13.5. The number of aliphatic hydroxyl groups is 1. The van der Waals surface area contributed by atoms with Crippen molar-refractivity contribution < 1.29 is 24.0 Å². The lowest BCUT2D eigenvalue weighted by molar-refractivity contribution is -0.556. The van der Waals surface area contributed by atoms with Gasteiger partial charge in [0.15, 0.2) is 24.7 Å². The molecule has 4 rings (SSSR count). The van der Waals surface area contributed by atoms with Gasteiger partial charge in [0.05, 0.1) is 17.3 Å². The highest BCUT2D eigenvalue weighted by Gasteiger charge is 2.35. The van der Waals surface area contributed by atoms with E-state index in [1.54, 1.807) is 25.2 Å². The van der Waals surface area contributed by atoms with Gasteiger partial charge in [0, 0.05) is 31.5 Å². The molecule has 2 aliphatic heterocycles. The first-order valence-electron chi connectivity index (χ1n) is 11.7. The van der Waals surface area contributed by atoms with Crippen LogP contribution < -0.4 is 20.3 Å². The zero-order chi connectivity index (χ0) is 25.2. The lowest BCUT2D eigenvalue weighted by Gasteiger charge is -2.37. The van der Waals surface area contributed by atoms with Crippen LogP contribution in [0, 0.1) is 0 Å². The number of hydrogen-bond donors (Lipinski definition) is 3. The number of hydrogen-bond acceptors (Lipinski definition) is 7. The van der Waals surface area contributed by atoms with E-state index in [4.69, 9.17) is 21.1 Å². The van der Waals surface area contributed by atoms with Crippen LogP contribution in [0.15, 0.2) is 24.5 Å². The Morgan fingerprint density at radius 3 is 2.69 bits per heavy atom. The molecule has 10 nitrogen and oxygen atoms in total. The van der Waals surface area contributed by atoms with E-state index in [0.717, 1.165) is 18.7 Å². The zero-order valence-corrected chi connectivity index (χ0v) is 21.2. The number of aliphatic hydroxyl groups excluding tert-OH is 1. The third-order valence-electron chi connectivity index (χ3n) is 5.92. The van der Waals surface area contributed by atoms with Gasteiger partial charge in [-0.1, -0.05) is 11.6 Å². The van der Waals surface area contributed by atoms with Crippen molar-refractivity contribution >= 4 is 40.9 Å². The Kier molecular flexibility index (Phi) is 7.20. The van der Waals surface area contributed by atoms with Crippen LogP contribution in [0.25, 0.3) is 0 Å². The number of fused-ring (bicyclic) bond motifs is 1. The Morgan fingerprint density at radius 1 is 1.29 bits per heavy atom. The molecule has 3 N–H and O–H groups in total. The van der Waals surface area contributed by atoms with Gasteiger partial charge in [0.25, 0.3) is 5.91 Å². The molecule has 0 unspecified atom stereocenters. The molecule has 1 amide bonds. The van der Waals surface area contributed by atoms with Gasteiger partial charge < -0.3 is 30.1 Å². The number of rotatable bonds is 4. The van der Waals surface area contributed by atoms with Crippen LogP contribution in [-0.4, -0.2) is 76.6 Å². The second-order valence-electron chi connectivity index (χ2n) is 9.53. The highest BCUT2D eigenvalue weighted by Crippen LogP contribution is 2.39. The van der Waals surface area contributed by atoms with Crippen molar-refractivity contribution in [3.63, 3.8) is 0 Å². The van der Waals surface area contributed by atoms with E-state index in [0.29, 0.717) is 54.1 Å². The highest BCUT2D eigenvalue weighted by molar-refractivity contribution is 6.33. The molecule has 1 saturated heterocycles. The van der Waals surface area contributed by atoms with Crippen LogP contribution in [-0.2, 0) is 4.74 Å². The largest absolute Gasteiger partial charge is 0.547 e. The van der Waals surface area contributed by atoms with Crippen LogP contribution in [0.2, 0.25) is 5.02 Å². The van der Waals surface area contributed by atoms with E-state index in [1.165, 1.54) is 6.33 Å². The summed E-state index contributed by atoms with van der Waals surface area (Å²) >= 11 is 6.42. The van der Waals surface area contributed by atoms with Gasteiger partial charge in [-0.2, -0.15) is 4.58 Å². The summed E-state index contributed by atoms with van der Waals surface area (Å²) in [6, 6.07) is 5.28. The molecule has 3 heterocycles. The van der Waals surface area contributed by atoms with Crippen LogP contribution >= 0.6 is 11.6 Å². The first-order chi connectivity index (χ1) is 16.7. The van der Waals surface area contributed by atoms with Gasteiger partial charge in [0.1, 0.15) is 18.5 Å². The topological polar surface area (TPSA) is 112 Å². The third kappa shape index (κ3) is 5.70. The van der Waals surface area contributed by atoms with Gasteiger partial charge in [-0.15, -0.1) is 0 Å². The van der Waals surface area contributed by atoms with Crippen LogP contribution in [0.3, 0.4) is 0 Å². The predicted octanol–water partition coefficient (Wildman–Crippen LogP) is 3.34. The predicted molar refractivity (Wildman–Crippen MR) is 134 cm³/mol. The lowest BCUT2D eigenvalue weighted by atomic mass is 10.0. The number of ether oxygens (including phenoxy) is 2. The van der Waals surface area contributed by atoms with Gasteiger partial charge in [-0.3, -0.25) is 4.79 Å². The Hall–Kier alpha value is -3.27. The van der Waals surface area contributed by atoms with Crippen molar-refractivity contribution in [1.82, 2.24) is 15.3 Å². The minimum atomic E-state index is -0.448. The number of piperidine rings is 1. The highest BCUT2D eigenvalue weighted by atomic mass is 35.5. The van der Waals surface area contributed by atoms with Gasteiger partial charge in [-0.05, 0) is 39.0 Å². The summed E-state index contributed by atoms with van der Waals surface area (Å²) in [7, 11) is 1.57. The Labute approximate surface area is 209 Å². The molecule has 0 saturated carbocycles. The van der Waals surface area contributed by atoms with E-state index >= 15 is 0 Å². The maximum absolute atomic E-state index is 11.9. The molecule has 0 atom stereocenters. The first kappa shape index (κ1) is 24.8. The Bertz CT molecular complexity index is 1120. The van der Waals surface area contributed by atoms with E-state index in [1.807, 2.05) is 25.3 Å². The van der Waals surface area contributed by atoms with Crippen molar-refractivity contribution in [2.75, 3.05) is 43.5 Å². The standard InChI is InChI=1S/C24H31ClN6O4/c1-24(2,3)35-23(33)30-9-7-16(8-10-30)31-11-12-34-19-20(27-14-28-21(19)31)29-18-6-5-15(13-17(18)25)22(32)26-4/h5-6,13-14,16H,7-12H2,1-4H3,(H2,26,27,28,29,32)/p+1. The van der Waals surface area contributed by atoms with Crippen molar-refractivity contribution in [2.45, 2.75) is 45.3 Å². The summed E-state index contributed by atoms with van der Waals surface area (Å²) in [5, 5.41) is 16.6. The molecule has 1 aromatic heterocycles. The molecule has 35 heavy (non-hydrogen) atoms. The van der Waals surface area contributed by atoms with Gasteiger partial charge in [-0.25, -0.2) is 9.97 Å². The van der Waals surface area contributed by atoms with Crippen LogP contribution in [0.4, 0.5) is 17.3 Å². The smallest absolute Gasteiger partial charge is 0.485 e. The second-order valence-corrected chi connectivity index (χ2v) is 9.94. The van der Waals surface area contributed by atoms with Gasteiger partial charge >= 0.3 is 6.08 Å². The van der Waals surface area contributed by atoms with Crippen LogP contribution in [0.5, 0.6) is 5.75 Å². The molecular formula is C24H32ClN6O4+. The fraction of sp³-hybridized carbons (Fsp3) is 0.500. The van der Waals surface area contributed by atoms with Gasteiger partial charge in [0.2, 0.25) is 5.75 Å². The molecule has 11 heteroatoms. The van der Waals surface area contributed by atoms with Crippen LogP contribution in [0.1, 0.15) is 44.0 Å². The molecule has 0 bridgehead atoms. The number of halogens is 1. The normalized spacial score (nSPS) is 17.8. The Balaban J connectivity index is 1.51. The fourth-order valence-electron chi connectivity index (χ4n) is 4.24. The average Bonchev–Trinajstić information content (AvgIpc) is 2.83. The second kappa shape index (κ2) is 10.2. The molecule has 188 valence electrons. The van der Waals surface area contributed by atoms with E-state index in [-0.39, 0.29) is 18.0 Å². The van der Waals surface area contributed by atoms with Crippen molar-refractivity contribution in [1.29, 1.82) is 0 Å². The molecule has 0 spiro atoms.